The predicted molar refractivity (Wildman–Crippen MR) is 87.7 cm³/mol. The van der Waals surface area contributed by atoms with Crippen LogP contribution in [0.2, 0.25) is 10.0 Å². The highest BCUT2D eigenvalue weighted by atomic mass is 35.5. The zero-order valence-electron chi connectivity index (χ0n) is 12.3. The lowest BCUT2D eigenvalue weighted by atomic mass is 10.0. The second kappa shape index (κ2) is 5.98. The van der Waals surface area contributed by atoms with Crippen molar-refractivity contribution in [2.24, 2.45) is 0 Å². The van der Waals surface area contributed by atoms with Gasteiger partial charge in [-0.3, -0.25) is 0 Å². The van der Waals surface area contributed by atoms with Gasteiger partial charge in [-0.25, -0.2) is 4.98 Å². The molecule has 2 aromatic heterocycles. The highest BCUT2D eigenvalue weighted by molar-refractivity contribution is 6.38. The zero-order chi connectivity index (χ0) is 15.8. The molecular weight excluding hydrogens is 335 g/mol. The molecule has 4 rings (SSSR count). The van der Waals surface area contributed by atoms with Crippen molar-refractivity contribution in [1.82, 2.24) is 19.7 Å². The number of imidazole rings is 1. The molecule has 2 heterocycles. The molecule has 0 radical (unpaired) electrons. The summed E-state index contributed by atoms with van der Waals surface area (Å²) >= 11 is 12.4. The first-order valence-corrected chi connectivity index (χ1v) is 8.27. The van der Waals surface area contributed by atoms with Crippen LogP contribution >= 0.6 is 23.2 Å². The largest absolute Gasteiger partial charge is 0.419 e. The second-order valence-corrected chi connectivity index (χ2v) is 6.38. The third kappa shape index (κ3) is 2.75. The lowest BCUT2D eigenvalue weighted by Gasteiger charge is -2.12. The Hall–Kier alpha value is -1.85. The second-order valence-electron chi connectivity index (χ2n) is 5.57. The standard InChI is InChI=1S/C16H14Cl2N4O/c17-10-4-3-5-11(18)15(10)16-21-20-14(23-16)8-22-9-19-12-6-1-2-7-13(12)22/h3-5,9H,1-2,6-8H2. The summed E-state index contributed by atoms with van der Waals surface area (Å²) in [5.74, 6) is 0.853. The summed E-state index contributed by atoms with van der Waals surface area (Å²) < 4.78 is 7.84. The average Bonchev–Trinajstić information content (AvgIpc) is 3.16. The SMILES string of the molecule is Clc1cccc(Cl)c1-c1nnc(Cn2cnc3c2CCCC3)o1. The van der Waals surface area contributed by atoms with Crippen molar-refractivity contribution >= 4 is 23.2 Å². The Labute approximate surface area is 143 Å². The molecular formula is C16H14Cl2N4O. The van der Waals surface area contributed by atoms with Gasteiger partial charge in [-0.2, -0.15) is 0 Å². The molecule has 0 spiro atoms. The van der Waals surface area contributed by atoms with E-state index in [0.29, 0.717) is 33.9 Å². The first kappa shape index (κ1) is 14.7. The van der Waals surface area contributed by atoms with Gasteiger partial charge in [0, 0.05) is 5.69 Å². The Kier molecular flexibility index (Phi) is 3.83. The quantitative estimate of drug-likeness (QED) is 0.712. The third-order valence-corrected chi connectivity index (χ3v) is 4.69. The van der Waals surface area contributed by atoms with Gasteiger partial charge in [0.15, 0.2) is 0 Å². The number of halogens is 2. The number of fused-ring (bicyclic) bond motifs is 1. The summed E-state index contributed by atoms with van der Waals surface area (Å²) in [4.78, 5) is 4.48. The van der Waals surface area contributed by atoms with Crippen molar-refractivity contribution < 1.29 is 4.42 Å². The molecule has 0 amide bonds. The Balaban J connectivity index is 1.63. The van der Waals surface area contributed by atoms with Crippen LogP contribution in [0.15, 0.2) is 28.9 Å². The Morgan fingerprint density at radius 3 is 2.70 bits per heavy atom. The molecule has 3 aromatic rings. The van der Waals surface area contributed by atoms with E-state index in [9.17, 15) is 0 Å². The minimum atomic E-state index is 0.338. The number of nitrogens with zero attached hydrogens (tertiary/aromatic N) is 4. The van der Waals surface area contributed by atoms with Crippen LogP contribution < -0.4 is 0 Å². The Morgan fingerprint density at radius 1 is 1.09 bits per heavy atom. The van der Waals surface area contributed by atoms with Crippen LogP contribution in [0.4, 0.5) is 0 Å². The zero-order valence-corrected chi connectivity index (χ0v) is 13.8. The molecule has 118 valence electrons. The van der Waals surface area contributed by atoms with Gasteiger partial charge in [0.1, 0.15) is 6.54 Å². The normalized spacial score (nSPS) is 14.0. The van der Waals surface area contributed by atoms with Crippen LogP contribution in [0.3, 0.4) is 0 Å². The highest BCUT2D eigenvalue weighted by Gasteiger charge is 2.19. The maximum Gasteiger partial charge on any atom is 0.250 e. The first-order chi connectivity index (χ1) is 11.2. The van der Waals surface area contributed by atoms with E-state index >= 15 is 0 Å². The molecule has 0 saturated carbocycles. The van der Waals surface area contributed by atoms with Crippen LogP contribution in [0.5, 0.6) is 0 Å². The predicted octanol–water partition coefficient (Wildman–Crippen LogP) is 4.17. The summed E-state index contributed by atoms with van der Waals surface area (Å²) in [7, 11) is 0. The summed E-state index contributed by atoms with van der Waals surface area (Å²) in [6.07, 6.45) is 6.35. The number of aryl methyl sites for hydroxylation is 1. The molecule has 0 saturated heterocycles. The maximum absolute atomic E-state index is 6.18. The molecule has 0 unspecified atom stereocenters. The molecule has 1 aliphatic rings. The van der Waals surface area contributed by atoms with Gasteiger partial charge in [-0.1, -0.05) is 29.3 Å². The van der Waals surface area contributed by atoms with Crippen molar-refractivity contribution in [2.45, 2.75) is 32.2 Å². The third-order valence-electron chi connectivity index (χ3n) is 4.06. The van der Waals surface area contributed by atoms with Crippen LogP contribution in [0.25, 0.3) is 11.5 Å². The molecule has 0 N–H and O–H groups in total. The Morgan fingerprint density at radius 2 is 1.87 bits per heavy atom. The summed E-state index contributed by atoms with van der Waals surface area (Å²) in [5.41, 5.74) is 3.03. The van der Waals surface area contributed by atoms with Crippen molar-refractivity contribution in [3.63, 3.8) is 0 Å². The number of hydrogen-bond donors (Lipinski definition) is 0. The summed E-state index contributed by atoms with van der Waals surface area (Å²) in [5, 5.41) is 9.18. The highest BCUT2D eigenvalue weighted by Crippen LogP contribution is 2.33. The van der Waals surface area contributed by atoms with Gasteiger partial charge in [0.2, 0.25) is 5.89 Å². The van der Waals surface area contributed by atoms with Crippen LogP contribution in [-0.2, 0) is 19.4 Å². The van der Waals surface area contributed by atoms with E-state index in [1.54, 1.807) is 18.2 Å². The number of rotatable bonds is 3. The summed E-state index contributed by atoms with van der Waals surface area (Å²) in [6, 6.07) is 5.28. The van der Waals surface area contributed by atoms with Crippen LogP contribution in [0.1, 0.15) is 30.1 Å². The van der Waals surface area contributed by atoms with Crippen molar-refractivity contribution in [3.05, 3.63) is 51.9 Å². The van der Waals surface area contributed by atoms with Crippen molar-refractivity contribution in [1.29, 1.82) is 0 Å². The molecule has 0 fully saturated rings. The lowest BCUT2D eigenvalue weighted by Crippen LogP contribution is -2.09. The van der Waals surface area contributed by atoms with E-state index in [1.165, 1.54) is 24.2 Å². The monoisotopic (exact) mass is 348 g/mol. The fraction of sp³-hybridized carbons (Fsp3) is 0.312. The molecule has 5 nitrogen and oxygen atoms in total. The fourth-order valence-electron chi connectivity index (χ4n) is 2.93. The van der Waals surface area contributed by atoms with E-state index in [-0.39, 0.29) is 0 Å². The minimum Gasteiger partial charge on any atom is -0.419 e. The maximum atomic E-state index is 6.18. The van der Waals surface area contributed by atoms with Crippen molar-refractivity contribution in [3.8, 4) is 11.5 Å². The number of benzene rings is 1. The molecule has 23 heavy (non-hydrogen) atoms. The lowest BCUT2D eigenvalue weighted by molar-refractivity contribution is 0.481. The number of aromatic nitrogens is 4. The Bertz CT molecular complexity index is 835. The first-order valence-electron chi connectivity index (χ1n) is 7.52. The van der Waals surface area contributed by atoms with E-state index in [1.807, 2.05) is 6.33 Å². The molecule has 1 aliphatic carbocycles. The summed E-state index contributed by atoms with van der Waals surface area (Å²) in [6.45, 7) is 0.511. The number of hydrogen-bond acceptors (Lipinski definition) is 4. The molecule has 0 atom stereocenters. The van der Waals surface area contributed by atoms with Gasteiger partial charge >= 0.3 is 0 Å². The van der Waals surface area contributed by atoms with Gasteiger partial charge in [0.05, 0.1) is 27.6 Å². The van der Waals surface area contributed by atoms with Crippen LogP contribution in [-0.4, -0.2) is 19.7 Å². The van der Waals surface area contributed by atoms with Gasteiger partial charge in [-0.15, -0.1) is 10.2 Å². The average molecular weight is 349 g/mol. The van der Waals surface area contributed by atoms with Gasteiger partial charge in [0.25, 0.3) is 5.89 Å². The van der Waals surface area contributed by atoms with Gasteiger partial charge < -0.3 is 8.98 Å². The van der Waals surface area contributed by atoms with E-state index in [2.05, 4.69) is 19.7 Å². The molecule has 0 aliphatic heterocycles. The molecule has 0 bridgehead atoms. The topological polar surface area (TPSA) is 56.7 Å². The van der Waals surface area contributed by atoms with E-state index in [0.717, 1.165) is 12.8 Å². The molecule has 1 aromatic carbocycles. The van der Waals surface area contributed by atoms with Crippen molar-refractivity contribution in [2.75, 3.05) is 0 Å². The van der Waals surface area contributed by atoms with E-state index < -0.39 is 0 Å². The van der Waals surface area contributed by atoms with E-state index in [4.69, 9.17) is 27.6 Å². The fourth-order valence-corrected chi connectivity index (χ4v) is 3.49. The minimum absolute atomic E-state index is 0.338. The van der Waals surface area contributed by atoms with Gasteiger partial charge in [-0.05, 0) is 37.8 Å². The smallest absolute Gasteiger partial charge is 0.250 e. The van der Waals surface area contributed by atoms with Crippen LogP contribution in [0, 0.1) is 0 Å². The molecule has 7 heteroatoms.